The number of carbonyl (C=O) groups is 3. The molecule has 30 heavy (non-hydrogen) atoms. The van der Waals surface area contributed by atoms with E-state index in [1.54, 1.807) is 41.1 Å². The molecule has 2 rings (SSSR count). The second-order valence-electron chi connectivity index (χ2n) is 7.60. The first-order valence-electron chi connectivity index (χ1n) is 10.5. The van der Waals surface area contributed by atoms with Crippen LogP contribution in [0.15, 0.2) is 24.3 Å². The first-order valence-corrected chi connectivity index (χ1v) is 10.5. The third-order valence-corrected chi connectivity index (χ3v) is 5.33. The summed E-state index contributed by atoms with van der Waals surface area (Å²) < 4.78 is 0. The first kappa shape index (κ1) is 23.2. The number of nitrogens with two attached hydrogens (primary N) is 1. The number of hydrogen-bond acceptors (Lipinski definition) is 4. The van der Waals surface area contributed by atoms with Crippen molar-refractivity contribution in [3.8, 4) is 6.07 Å². The molecule has 1 aliphatic heterocycles. The van der Waals surface area contributed by atoms with Crippen molar-refractivity contribution in [2.75, 3.05) is 31.6 Å². The molecule has 1 aromatic rings. The van der Waals surface area contributed by atoms with Crippen molar-refractivity contribution >= 4 is 23.5 Å². The normalized spacial score (nSPS) is 16.3. The maximum Gasteiger partial charge on any atom is 0.324 e. The van der Waals surface area contributed by atoms with Gasteiger partial charge in [-0.05, 0) is 37.5 Å². The monoisotopic (exact) mass is 413 g/mol. The molecule has 4 amide bonds. The van der Waals surface area contributed by atoms with E-state index in [1.807, 2.05) is 6.92 Å². The van der Waals surface area contributed by atoms with Gasteiger partial charge in [0.15, 0.2) is 0 Å². The largest absolute Gasteiger partial charge is 0.366 e. The molecule has 1 aromatic carbocycles. The predicted octanol–water partition coefficient (Wildman–Crippen LogP) is 2.74. The van der Waals surface area contributed by atoms with Gasteiger partial charge in [0.2, 0.25) is 11.8 Å². The number of rotatable bonds is 7. The fourth-order valence-electron chi connectivity index (χ4n) is 3.64. The molecule has 0 aromatic heterocycles. The van der Waals surface area contributed by atoms with Gasteiger partial charge in [-0.3, -0.25) is 14.5 Å². The van der Waals surface area contributed by atoms with Gasteiger partial charge in [-0.2, -0.15) is 5.26 Å². The summed E-state index contributed by atoms with van der Waals surface area (Å²) >= 11 is 0. The Morgan fingerprint density at radius 3 is 2.67 bits per heavy atom. The molecule has 1 atom stereocenters. The van der Waals surface area contributed by atoms with Crippen LogP contribution >= 0.6 is 0 Å². The Balaban J connectivity index is 2.05. The number of nitrogens with zero attached hydrogens (tertiary/aromatic N) is 4. The van der Waals surface area contributed by atoms with E-state index in [2.05, 4.69) is 6.07 Å². The van der Waals surface area contributed by atoms with Crippen LogP contribution in [0.25, 0.3) is 0 Å². The van der Waals surface area contributed by atoms with Gasteiger partial charge >= 0.3 is 6.03 Å². The zero-order valence-electron chi connectivity index (χ0n) is 17.8. The average Bonchev–Trinajstić information content (AvgIpc) is 3.00. The van der Waals surface area contributed by atoms with E-state index in [4.69, 9.17) is 5.73 Å². The van der Waals surface area contributed by atoms with Crippen LogP contribution in [0, 0.1) is 11.3 Å². The number of carbonyl (C=O) groups excluding carboxylic acids is 3. The standard InChI is InChI=1S/C22H31N5O3/c1-3-12-27(18-10-7-8-17(15-18)21(24)29)22(30)25(2)14-11-20(28)26-13-6-4-5-9-19(26)16-23/h7-8,10,15,19H,3-6,9,11-14H2,1-2H3,(H2,24,29)/t19-/m0/s1. The van der Waals surface area contributed by atoms with Crippen molar-refractivity contribution in [1.82, 2.24) is 9.80 Å². The van der Waals surface area contributed by atoms with Crippen molar-refractivity contribution in [2.45, 2.75) is 51.5 Å². The summed E-state index contributed by atoms with van der Waals surface area (Å²) in [5.41, 5.74) is 6.29. The topological polar surface area (TPSA) is 111 Å². The molecule has 1 aliphatic rings. The molecule has 8 nitrogen and oxygen atoms in total. The highest BCUT2D eigenvalue weighted by atomic mass is 16.2. The Labute approximate surface area is 178 Å². The second kappa shape index (κ2) is 11.2. The maximum absolute atomic E-state index is 13.0. The smallest absolute Gasteiger partial charge is 0.324 e. The molecule has 1 fully saturated rings. The summed E-state index contributed by atoms with van der Waals surface area (Å²) in [6, 6.07) is 8.26. The van der Waals surface area contributed by atoms with E-state index in [1.165, 1.54) is 4.90 Å². The minimum Gasteiger partial charge on any atom is -0.366 e. The van der Waals surface area contributed by atoms with Gasteiger partial charge in [-0.1, -0.05) is 25.8 Å². The van der Waals surface area contributed by atoms with Crippen molar-refractivity contribution in [2.24, 2.45) is 5.73 Å². The van der Waals surface area contributed by atoms with Crippen LogP contribution in [0.2, 0.25) is 0 Å². The van der Waals surface area contributed by atoms with Gasteiger partial charge < -0.3 is 15.5 Å². The summed E-state index contributed by atoms with van der Waals surface area (Å²) in [7, 11) is 1.65. The minimum atomic E-state index is -0.552. The maximum atomic E-state index is 13.0. The lowest BCUT2D eigenvalue weighted by Gasteiger charge is -2.30. The van der Waals surface area contributed by atoms with Crippen LogP contribution in [0.3, 0.4) is 0 Å². The molecular formula is C22H31N5O3. The predicted molar refractivity (Wildman–Crippen MR) is 115 cm³/mol. The van der Waals surface area contributed by atoms with E-state index in [0.717, 1.165) is 25.7 Å². The lowest BCUT2D eigenvalue weighted by molar-refractivity contribution is -0.132. The summed E-state index contributed by atoms with van der Waals surface area (Å²) in [6.45, 7) is 3.28. The van der Waals surface area contributed by atoms with Crippen molar-refractivity contribution < 1.29 is 14.4 Å². The van der Waals surface area contributed by atoms with Crippen LogP contribution in [-0.2, 0) is 4.79 Å². The lowest BCUT2D eigenvalue weighted by Crippen LogP contribution is -2.44. The van der Waals surface area contributed by atoms with Crippen molar-refractivity contribution in [1.29, 1.82) is 5.26 Å². The molecule has 0 saturated carbocycles. The summed E-state index contributed by atoms with van der Waals surface area (Å²) in [5.74, 6) is -0.648. The van der Waals surface area contributed by atoms with Gasteiger partial charge in [0.1, 0.15) is 6.04 Å². The molecular weight excluding hydrogens is 382 g/mol. The minimum absolute atomic E-state index is 0.0964. The summed E-state index contributed by atoms with van der Waals surface area (Å²) in [5, 5.41) is 9.37. The molecule has 162 valence electrons. The molecule has 0 aliphatic carbocycles. The van der Waals surface area contributed by atoms with Gasteiger partial charge in [0.05, 0.1) is 6.07 Å². The van der Waals surface area contributed by atoms with E-state index in [9.17, 15) is 19.6 Å². The van der Waals surface area contributed by atoms with Gasteiger partial charge in [0, 0.05) is 44.4 Å². The van der Waals surface area contributed by atoms with Crippen LogP contribution < -0.4 is 10.6 Å². The number of benzene rings is 1. The average molecular weight is 414 g/mol. The number of nitriles is 1. The second-order valence-corrected chi connectivity index (χ2v) is 7.60. The third-order valence-electron chi connectivity index (χ3n) is 5.33. The number of anilines is 1. The SMILES string of the molecule is CCCN(C(=O)N(C)CCC(=O)N1CCCCC[C@H]1C#N)c1cccc(C(N)=O)c1. The van der Waals surface area contributed by atoms with Crippen molar-refractivity contribution in [3.05, 3.63) is 29.8 Å². The Morgan fingerprint density at radius 2 is 2.00 bits per heavy atom. The van der Waals surface area contributed by atoms with E-state index in [0.29, 0.717) is 30.8 Å². The Hall–Kier alpha value is -3.08. The lowest BCUT2D eigenvalue weighted by atomic mass is 10.1. The zero-order chi connectivity index (χ0) is 22.1. The summed E-state index contributed by atoms with van der Waals surface area (Å²) in [4.78, 5) is 42.0. The van der Waals surface area contributed by atoms with Crippen molar-refractivity contribution in [3.63, 3.8) is 0 Å². The molecule has 2 N–H and O–H groups in total. The van der Waals surface area contributed by atoms with Crippen LogP contribution in [0.4, 0.5) is 10.5 Å². The Kier molecular flexibility index (Phi) is 8.66. The molecule has 0 radical (unpaired) electrons. The third kappa shape index (κ3) is 5.96. The van der Waals surface area contributed by atoms with Gasteiger partial charge in [-0.15, -0.1) is 0 Å². The number of likely N-dealkylation sites (tertiary alicyclic amines) is 1. The van der Waals surface area contributed by atoms with E-state index >= 15 is 0 Å². The number of hydrogen-bond donors (Lipinski definition) is 1. The number of amides is 4. The zero-order valence-corrected chi connectivity index (χ0v) is 17.8. The number of urea groups is 1. The fourth-order valence-corrected chi connectivity index (χ4v) is 3.64. The molecule has 1 heterocycles. The van der Waals surface area contributed by atoms with Crippen LogP contribution in [0.1, 0.15) is 55.8 Å². The molecule has 1 saturated heterocycles. The molecule has 0 unspecified atom stereocenters. The van der Waals surface area contributed by atoms with E-state index < -0.39 is 5.91 Å². The van der Waals surface area contributed by atoms with Gasteiger partial charge in [-0.25, -0.2) is 4.79 Å². The van der Waals surface area contributed by atoms with Crippen LogP contribution in [0.5, 0.6) is 0 Å². The van der Waals surface area contributed by atoms with Crippen LogP contribution in [-0.4, -0.2) is 60.4 Å². The highest BCUT2D eigenvalue weighted by Crippen LogP contribution is 2.20. The molecule has 0 spiro atoms. The Morgan fingerprint density at radius 1 is 1.23 bits per heavy atom. The molecule has 0 bridgehead atoms. The summed E-state index contributed by atoms with van der Waals surface area (Å²) in [6.07, 6.45) is 4.49. The Bertz CT molecular complexity index is 804. The fraction of sp³-hybridized carbons (Fsp3) is 0.545. The van der Waals surface area contributed by atoms with Gasteiger partial charge in [0.25, 0.3) is 0 Å². The quantitative estimate of drug-likeness (QED) is 0.741. The van der Waals surface area contributed by atoms with E-state index in [-0.39, 0.29) is 30.9 Å². The molecule has 8 heteroatoms. The number of primary amides is 1. The first-order chi connectivity index (χ1) is 14.4. The highest BCUT2D eigenvalue weighted by molar-refractivity contribution is 5.97. The highest BCUT2D eigenvalue weighted by Gasteiger charge is 2.26.